The first-order chi connectivity index (χ1) is 7.07. The number of amides is 1. The van der Waals surface area contributed by atoms with Crippen molar-refractivity contribution >= 4 is 5.91 Å². The third-order valence-electron chi connectivity index (χ3n) is 1.57. The molecule has 3 N–H and O–H groups in total. The molecule has 0 saturated carbocycles. The quantitative estimate of drug-likeness (QED) is 0.463. The van der Waals surface area contributed by atoms with E-state index in [1.807, 2.05) is 0 Å². The smallest absolute Gasteiger partial charge is 0.265 e. The summed E-state index contributed by atoms with van der Waals surface area (Å²) in [6.07, 6.45) is -4.65. The van der Waals surface area contributed by atoms with Gasteiger partial charge in [0.05, 0.1) is 13.2 Å². The number of hydrogen-bond acceptors (Lipinski definition) is 4. The van der Waals surface area contributed by atoms with Gasteiger partial charge >= 0.3 is 0 Å². The van der Waals surface area contributed by atoms with Crippen LogP contribution in [0.3, 0.4) is 0 Å². The van der Waals surface area contributed by atoms with Gasteiger partial charge in [0.25, 0.3) is 6.43 Å². The number of aliphatic hydroxyl groups is 1. The molecule has 0 aliphatic rings. The number of methoxy groups -OCH3 is 1. The number of aliphatic hydroxyl groups excluding tert-OH is 1. The Bertz CT molecular complexity index is 181. The minimum Gasteiger partial charge on any atom is -0.385 e. The summed E-state index contributed by atoms with van der Waals surface area (Å²) in [5, 5.41) is 13.6. The lowest BCUT2D eigenvalue weighted by Crippen LogP contribution is -2.40. The fourth-order valence-corrected chi connectivity index (χ4v) is 0.746. The van der Waals surface area contributed by atoms with Gasteiger partial charge in [-0.15, -0.1) is 0 Å². The van der Waals surface area contributed by atoms with E-state index in [-0.39, 0.29) is 6.54 Å². The fourth-order valence-electron chi connectivity index (χ4n) is 0.746. The van der Waals surface area contributed by atoms with Gasteiger partial charge in [-0.2, -0.15) is 0 Å². The zero-order valence-electron chi connectivity index (χ0n) is 8.50. The summed E-state index contributed by atoms with van der Waals surface area (Å²) in [7, 11) is 1.53. The summed E-state index contributed by atoms with van der Waals surface area (Å²) in [6.45, 7) is 0.538. The van der Waals surface area contributed by atoms with E-state index in [0.717, 1.165) is 0 Å². The SMILES string of the molecule is COCCNCC(=O)NCC(O)C(F)F. The molecular weight excluding hydrogens is 210 g/mol. The van der Waals surface area contributed by atoms with E-state index in [9.17, 15) is 13.6 Å². The van der Waals surface area contributed by atoms with Crippen LogP contribution >= 0.6 is 0 Å². The van der Waals surface area contributed by atoms with E-state index in [0.29, 0.717) is 13.2 Å². The Morgan fingerprint density at radius 1 is 1.53 bits per heavy atom. The summed E-state index contributed by atoms with van der Waals surface area (Å²) in [6, 6.07) is 0. The zero-order chi connectivity index (χ0) is 11.7. The van der Waals surface area contributed by atoms with Gasteiger partial charge < -0.3 is 20.5 Å². The second kappa shape index (κ2) is 8.51. The summed E-state index contributed by atoms with van der Waals surface area (Å²) in [4.78, 5) is 11.0. The molecule has 0 aromatic carbocycles. The molecule has 5 nitrogen and oxygen atoms in total. The topological polar surface area (TPSA) is 70.6 Å². The molecule has 0 radical (unpaired) electrons. The van der Waals surface area contributed by atoms with E-state index < -0.39 is 25.0 Å². The first-order valence-electron chi connectivity index (χ1n) is 4.50. The number of carbonyl (C=O) groups is 1. The standard InChI is InChI=1S/C8H16F2N2O3/c1-15-3-2-11-5-7(14)12-4-6(13)8(9)10/h6,8,11,13H,2-5H2,1H3,(H,12,14). The first kappa shape index (κ1) is 14.2. The Balaban J connectivity index is 3.41. The van der Waals surface area contributed by atoms with Crippen LogP contribution in [0.2, 0.25) is 0 Å². The van der Waals surface area contributed by atoms with Gasteiger partial charge in [0, 0.05) is 20.2 Å². The van der Waals surface area contributed by atoms with E-state index in [4.69, 9.17) is 9.84 Å². The number of ether oxygens (including phenoxy) is 1. The average molecular weight is 226 g/mol. The molecule has 0 fully saturated rings. The Kier molecular flexibility index (Phi) is 8.06. The number of hydrogen-bond donors (Lipinski definition) is 3. The van der Waals surface area contributed by atoms with E-state index in [1.54, 1.807) is 0 Å². The van der Waals surface area contributed by atoms with Crippen LogP contribution in [-0.4, -0.2) is 56.9 Å². The molecule has 0 spiro atoms. The van der Waals surface area contributed by atoms with Crippen LogP contribution in [-0.2, 0) is 9.53 Å². The van der Waals surface area contributed by atoms with Crippen molar-refractivity contribution in [1.82, 2.24) is 10.6 Å². The second-order valence-electron chi connectivity index (χ2n) is 2.88. The largest absolute Gasteiger partial charge is 0.385 e. The third-order valence-corrected chi connectivity index (χ3v) is 1.57. The fraction of sp³-hybridized carbons (Fsp3) is 0.875. The van der Waals surface area contributed by atoms with Gasteiger partial charge in [-0.3, -0.25) is 4.79 Å². The lowest BCUT2D eigenvalue weighted by atomic mass is 10.3. The average Bonchev–Trinajstić information content (AvgIpc) is 2.20. The van der Waals surface area contributed by atoms with Gasteiger partial charge in [-0.05, 0) is 0 Å². The van der Waals surface area contributed by atoms with Gasteiger partial charge in [-0.25, -0.2) is 8.78 Å². The van der Waals surface area contributed by atoms with Crippen molar-refractivity contribution in [2.24, 2.45) is 0 Å². The third kappa shape index (κ3) is 8.22. The normalized spacial score (nSPS) is 12.9. The second-order valence-corrected chi connectivity index (χ2v) is 2.88. The van der Waals surface area contributed by atoms with Crippen LogP contribution < -0.4 is 10.6 Å². The van der Waals surface area contributed by atoms with Gasteiger partial charge in [0.1, 0.15) is 6.10 Å². The molecule has 0 bridgehead atoms. The van der Waals surface area contributed by atoms with Crippen LogP contribution in [0.25, 0.3) is 0 Å². The maximum absolute atomic E-state index is 11.8. The van der Waals surface area contributed by atoms with Crippen molar-refractivity contribution in [3.8, 4) is 0 Å². The maximum Gasteiger partial charge on any atom is 0.265 e. The minimum absolute atomic E-state index is 0.0132. The molecule has 0 rings (SSSR count). The highest BCUT2D eigenvalue weighted by Crippen LogP contribution is 1.97. The Morgan fingerprint density at radius 3 is 2.73 bits per heavy atom. The van der Waals surface area contributed by atoms with Crippen molar-refractivity contribution in [3.63, 3.8) is 0 Å². The highest BCUT2D eigenvalue weighted by atomic mass is 19.3. The Hall–Kier alpha value is -0.790. The molecule has 0 aliphatic carbocycles. The van der Waals surface area contributed by atoms with Crippen molar-refractivity contribution in [1.29, 1.82) is 0 Å². The minimum atomic E-state index is -2.84. The summed E-state index contributed by atoms with van der Waals surface area (Å²) in [5.41, 5.74) is 0. The molecule has 0 aromatic rings. The van der Waals surface area contributed by atoms with Crippen molar-refractivity contribution in [2.45, 2.75) is 12.5 Å². The van der Waals surface area contributed by atoms with Crippen LogP contribution in [0.1, 0.15) is 0 Å². The molecule has 7 heteroatoms. The number of rotatable bonds is 8. The molecule has 0 saturated heterocycles. The molecule has 0 aromatic heterocycles. The molecule has 1 unspecified atom stereocenters. The van der Waals surface area contributed by atoms with Crippen LogP contribution in [0.15, 0.2) is 0 Å². The molecule has 1 atom stereocenters. The van der Waals surface area contributed by atoms with E-state index in [2.05, 4.69) is 10.6 Å². The lowest BCUT2D eigenvalue weighted by molar-refractivity contribution is -0.121. The van der Waals surface area contributed by atoms with Crippen molar-refractivity contribution < 1.29 is 23.4 Å². The van der Waals surface area contributed by atoms with E-state index >= 15 is 0 Å². The van der Waals surface area contributed by atoms with Crippen molar-refractivity contribution in [2.75, 3.05) is 33.4 Å². The molecule has 15 heavy (non-hydrogen) atoms. The maximum atomic E-state index is 11.8. The van der Waals surface area contributed by atoms with Gasteiger partial charge in [-0.1, -0.05) is 0 Å². The van der Waals surface area contributed by atoms with Crippen LogP contribution in [0.4, 0.5) is 8.78 Å². The summed E-state index contributed by atoms with van der Waals surface area (Å²) < 4.78 is 28.3. The molecular formula is C8H16F2N2O3. The Labute approximate surface area is 86.8 Å². The highest BCUT2D eigenvalue weighted by molar-refractivity contribution is 5.77. The molecule has 0 aliphatic heterocycles. The Morgan fingerprint density at radius 2 is 2.20 bits per heavy atom. The zero-order valence-corrected chi connectivity index (χ0v) is 8.50. The molecule has 90 valence electrons. The predicted molar refractivity (Wildman–Crippen MR) is 49.8 cm³/mol. The van der Waals surface area contributed by atoms with E-state index in [1.165, 1.54) is 7.11 Å². The summed E-state index contributed by atoms with van der Waals surface area (Å²) >= 11 is 0. The first-order valence-corrected chi connectivity index (χ1v) is 4.50. The highest BCUT2D eigenvalue weighted by Gasteiger charge is 2.16. The summed E-state index contributed by atoms with van der Waals surface area (Å²) in [5.74, 6) is -0.439. The number of alkyl halides is 2. The van der Waals surface area contributed by atoms with Gasteiger partial charge in [0.2, 0.25) is 5.91 Å². The number of carbonyl (C=O) groups excluding carboxylic acids is 1. The molecule has 1 amide bonds. The number of nitrogens with one attached hydrogen (secondary N) is 2. The van der Waals surface area contributed by atoms with Crippen LogP contribution in [0.5, 0.6) is 0 Å². The van der Waals surface area contributed by atoms with Crippen molar-refractivity contribution in [3.05, 3.63) is 0 Å². The predicted octanol–water partition coefficient (Wildman–Crippen LogP) is -1.04. The van der Waals surface area contributed by atoms with Gasteiger partial charge in [0.15, 0.2) is 0 Å². The lowest BCUT2D eigenvalue weighted by Gasteiger charge is -2.10. The monoisotopic (exact) mass is 226 g/mol. The number of halogens is 2. The van der Waals surface area contributed by atoms with Crippen LogP contribution in [0, 0.1) is 0 Å². The molecule has 0 heterocycles.